The Morgan fingerprint density at radius 2 is 1.81 bits per heavy atom. The first-order valence-corrected chi connectivity index (χ1v) is 6.99. The van der Waals surface area contributed by atoms with Gasteiger partial charge in [0.2, 0.25) is 0 Å². The summed E-state index contributed by atoms with van der Waals surface area (Å²) < 4.78 is 5.15. The summed E-state index contributed by atoms with van der Waals surface area (Å²) >= 11 is 0. The molecule has 4 heteroatoms. The average Bonchev–Trinajstić information content (AvgIpc) is 2.53. The van der Waals surface area contributed by atoms with Crippen LogP contribution >= 0.6 is 0 Å². The normalized spacial score (nSPS) is 12.1. The molecule has 0 aliphatic rings. The van der Waals surface area contributed by atoms with Gasteiger partial charge in [0, 0.05) is 24.8 Å². The topological polar surface area (TPSA) is 61.7 Å². The zero-order chi connectivity index (χ0) is 15.1. The Morgan fingerprint density at radius 1 is 1.10 bits per heavy atom. The minimum Gasteiger partial charge on any atom is -0.508 e. The number of aromatic hydroxyl groups is 1. The minimum atomic E-state index is 0.0283. The summed E-state index contributed by atoms with van der Waals surface area (Å²) in [5, 5.41) is 22.4. The summed E-state index contributed by atoms with van der Waals surface area (Å²) in [6, 6.07) is 15.0. The van der Waals surface area contributed by atoms with Crippen molar-refractivity contribution < 1.29 is 14.9 Å². The number of para-hydroxylation sites is 1. The van der Waals surface area contributed by atoms with Gasteiger partial charge in [-0.1, -0.05) is 30.3 Å². The van der Waals surface area contributed by atoms with E-state index in [9.17, 15) is 10.2 Å². The lowest BCUT2D eigenvalue weighted by Crippen LogP contribution is -2.22. The van der Waals surface area contributed by atoms with E-state index in [0.717, 1.165) is 16.9 Å². The van der Waals surface area contributed by atoms with E-state index >= 15 is 0 Å². The molecule has 0 aliphatic carbocycles. The summed E-state index contributed by atoms with van der Waals surface area (Å²) in [5.41, 5.74) is 1.93. The molecule has 0 amide bonds. The molecular formula is C17H21NO3. The number of benzene rings is 2. The second kappa shape index (κ2) is 7.67. The highest BCUT2D eigenvalue weighted by Crippen LogP contribution is 2.22. The SMILES string of the molecule is COc1ccc(C(CCO)NCc2ccccc2O)cc1. The molecule has 2 rings (SSSR count). The molecule has 0 saturated heterocycles. The molecule has 0 bridgehead atoms. The van der Waals surface area contributed by atoms with E-state index in [-0.39, 0.29) is 18.4 Å². The third-order valence-corrected chi connectivity index (χ3v) is 3.47. The molecule has 112 valence electrons. The predicted molar refractivity (Wildman–Crippen MR) is 82.4 cm³/mol. The molecule has 0 saturated carbocycles. The summed E-state index contributed by atoms with van der Waals surface area (Å²) in [6.07, 6.45) is 0.611. The standard InChI is InChI=1S/C17H21NO3/c1-21-15-8-6-13(7-9-15)16(10-11-19)18-12-14-4-2-3-5-17(14)20/h2-9,16,18-20H,10-12H2,1H3. The fraction of sp³-hybridized carbons (Fsp3) is 0.294. The second-order valence-electron chi connectivity index (χ2n) is 4.85. The molecule has 1 unspecified atom stereocenters. The highest BCUT2D eigenvalue weighted by Gasteiger charge is 2.11. The van der Waals surface area contributed by atoms with Crippen LogP contribution in [0.25, 0.3) is 0 Å². The van der Waals surface area contributed by atoms with Gasteiger partial charge in [-0.05, 0) is 30.2 Å². The summed E-state index contributed by atoms with van der Waals surface area (Å²) in [5.74, 6) is 1.09. The lowest BCUT2D eigenvalue weighted by atomic mass is 10.0. The van der Waals surface area contributed by atoms with E-state index in [1.807, 2.05) is 36.4 Å². The van der Waals surface area contributed by atoms with Crippen LogP contribution < -0.4 is 10.1 Å². The van der Waals surface area contributed by atoms with Crippen LogP contribution in [0.15, 0.2) is 48.5 Å². The van der Waals surface area contributed by atoms with Gasteiger partial charge in [-0.15, -0.1) is 0 Å². The highest BCUT2D eigenvalue weighted by atomic mass is 16.5. The first kappa shape index (κ1) is 15.4. The number of hydrogen-bond acceptors (Lipinski definition) is 4. The van der Waals surface area contributed by atoms with Crippen molar-refractivity contribution in [2.45, 2.75) is 19.0 Å². The Hall–Kier alpha value is -2.04. The van der Waals surface area contributed by atoms with Crippen molar-refractivity contribution in [2.24, 2.45) is 0 Å². The molecule has 0 aromatic heterocycles. The maximum Gasteiger partial charge on any atom is 0.120 e. The Labute approximate surface area is 125 Å². The lowest BCUT2D eigenvalue weighted by Gasteiger charge is -2.19. The lowest BCUT2D eigenvalue weighted by molar-refractivity contribution is 0.265. The molecule has 0 spiro atoms. The summed E-state index contributed by atoms with van der Waals surface area (Å²) in [6.45, 7) is 0.647. The van der Waals surface area contributed by atoms with Crippen molar-refractivity contribution in [3.05, 3.63) is 59.7 Å². The molecule has 0 aliphatic heterocycles. The first-order valence-electron chi connectivity index (χ1n) is 6.99. The molecule has 2 aromatic carbocycles. The molecule has 4 nitrogen and oxygen atoms in total. The number of ether oxygens (including phenoxy) is 1. The Kier molecular flexibility index (Phi) is 5.60. The third kappa shape index (κ3) is 4.21. The quantitative estimate of drug-likeness (QED) is 0.732. The molecule has 3 N–H and O–H groups in total. The molecular weight excluding hydrogens is 266 g/mol. The Morgan fingerprint density at radius 3 is 2.43 bits per heavy atom. The van der Waals surface area contributed by atoms with Gasteiger partial charge in [-0.2, -0.15) is 0 Å². The molecule has 0 fully saturated rings. The number of phenolic OH excluding ortho intramolecular Hbond substituents is 1. The fourth-order valence-corrected chi connectivity index (χ4v) is 2.25. The van der Waals surface area contributed by atoms with Crippen LogP contribution in [-0.2, 0) is 6.54 Å². The zero-order valence-electron chi connectivity index (χ0n) is 12.1. The Bertz CT molecular complexity index is 554. The second-order valence-corrected chi connectivity index (χ2v) is 4.85. The van der Waals surface area contributed by atoms with Gasteiger partial charge in [-0.25, -0.2) is 0 Å². The van der Waals surface area contributed by atoms with E-state index in [1.165, 1.54) is 0 Å². The van der Waals surface area contributed by atoms with Crippen molar-refractivity contribution in [3.63, 3.8) is 0 Å². The smallest absolute Gasteiger partial charge is 0.120 e. The number of rotatable bonds is 7. The van der Waals surface area contributed by atoms with Crippen LogP contribution in [0.5, 0.6) is 11.5 Å². The summed E-state index contributed by atoms with van der Waals surface area (Å²) in [4.78, 5) is 0. The maximum atomic E-state index is 9.79. The van der Waals surface area contributed by atoms with Crippen molar-refractivity contribution >= 4 is 0 Å². The van der Waals surface area contributed by atoms with Gasteiger partial charge in [0.15, 0.2) is 0 Å². The largest absolute Gasteiger partial charge is 0.508 e. The van der Waals surface area contributed by atoms with Crippen molar-refractivity contribution in [1.82, 2.24) is 5.32 Å². The first-order chi connectivity index (χ1) is 10.2. The van der Waals surface area contributed by atoms with E-state index in [0.29, 0.717) is 13.0 Å². The molecule has 1 atom stereocenters. The summed E-state index contributed by atoms with van der Waals surface area (Å²) in [7, 11) is 1.64. The number of aliphatic hydroxyl groups is 1. The van der Waals surface area contributed by atoms with Crippen LogP contribution in [0.2, 0.25) is 0 Å². The number of phenols is 1. The van der Waals surface area contributed by atoms with E-state index in [4.69, 9.17) is 4.74 Å². The molecule has 0 heterocycles. The number of aliphatic hydroxyl groups excluding tert-OH is 1. The van der Waals surface area contributed by atoms with E-state index in [2.05, 4.69) is 5.32 Å². The van der Waals surface area contributed by atoms with Crippen LogP contribution in [0.1, 0.15) is 23.6 Å². The van der Waals surface area contributed by atoms with Crippen LogP contribution in [0.4, 0.5) is 0 Å². The van der Waals surface area contributed by atoms with Crippen molar-refractivity contribution in [1.29, 1.82) is 0 Å². The Balaban J connectivity index is 2.06. The number of hydrogen-bond donors (Lipinski definition) is 3. The average molecular weight is 287 g/mol. The van der Waals surface area contributed by atoms with Gasteiger partial charge in [0.05, 0.1) is 7.11 Å². The van der Waals surface area contributed by atoms with Crippen LogP contribution in [0, 0.1) is 0 Å². The maximum absolute atomic E-state index is 9.79. The number of methoxy groups -OCH3 is 1. The van der Waals surface area contributed by atoms with Gasteiger partial charge in [0.1, 0.15) is 11.5 Å². The van der Waals surface area contributed by atoms with Gasteiger partial charge in [-0.3, -0.25) is 0 Å². The number of nitrogens with one attached hydrogen (secondary N) is 1. The predicted octanol–water partition coefficient (Wildman–Crippen LogP) is 2.61. The van der Waals surface area contributed by atoms with Crippen LogP contribution in [-0.4, -0.2) is 23.9 Å². The van der Waals surface area contributed by atoms with Crippen LogP contribution in [0.3, 0.4) is 0 Å². The van der Waals surface area contributed by atoms with Crippen molar-refractivity contribution in [2.75, 3.05) is 13.7 Å². The molecule has 21 heavy (non-hydrogen) atoms. The minimum absolute atomic E-state index is 0.0283. The molecule has 2 aromatic rings. The van der Waals surface area contributed by atoms with E-state index in [1.54, 1.807) is 19.2 Å². The van der Waals surface area contributed by atoms with Gasteiger partial charge in [0.25, 0.3) is 0 Å². The van der Waals surface area contributed by atoms with E-state index < -0.39 is 0 Å². The highest BCUT2D eigenvalue weighted by molar-refractivity contribution is 5.32. The zero-order valence-corrected chi connectivity index (χ0v) is 12.1. The van der Waals surface area contributed by atoms with Gasteiger partial charge < -0.3 is 20.3 Å². The molecule has 0 radical (unpaired) electrons. The fourth-order valence-electron chi connectivity index (χ4n) is 2.25. The van der Waals surface area contributed by atoms with Crippen molar-refractivity contribution in [3.8, 4) is 11.5 Å². The van der Waals surface area contributed by atoms with Gasteiger partial charge >= 0.3 is 0 Å². The monoisotopic (exact) mass is 287 g/mol. The third-order valence-electron chi connectivity index (χ3n) is 3.47.